The van der Waals surface area contributed by atoms with E-state index in [9.17, 15) is 14.4 Å². The normalized spacial score (nSPS) is 14.8. The van der Waals surface area contributed by atoms with Crippen LogP contribution in [0.4, 0.5) is 11.4 Å². The Morgan fingerprint density at radius 2 is 1.68 bits per heavy atom. The molecule has 0 radical (unpaired) electrons. The van der Waals surface area contributed by atoms with Gasteiger partial charge in [0, 0.05) is 36.4 Å². The first-order valence-electron chi connectivity index (χ1n) is 12.6. The SMILES string of the molecule is COc1ccccc1CNC(=O)[C@@H]1CC(=O)N(c2ccc(OCC(=O)Nc3c(C)cc(C)cc3C)cc2)C1. The van der Waals surface area contributed by atoms with Crippen molar-refractivity contribution >= 4 is 29.1 Å². The maximum absolute atomic E-state index is 12.7. The zero-order valence-corrected chi connectivity index (χ0v) is 22.2. The van der Waals surface area contributed by atoms with Crippen molar-refractivity contribution in [2.45, 2.75) is 33.7 Å². The zero-order valence-electron chi connectivity index (χ0n) is 22.2. The van der Waals surface area contributed by atoms with Gasteiger partial charge in [0.25, 0.3) is 5.91 Å². The minimum atomic E-state index is -0.439. The molecule has 1 fully saturated rings. The fourth-order valence-electron chi connectivity index (χ4n) is 4.73. The van der Waals surface area contributed by atoms with Gasteiger partial charge < -0.3 is 25.0 Å². The fourth-order valence-corrected chi connectivity index (χ4v) is 4.73. The minimum Gasteiger partial charge on any atom is -0.496 e. The molecule has 0 saturated carbocycles. The van der Waals surface area contributed by atoms with Crippen LogP contribution >= 0.6 is 0 Å². The van der Waals surface area contributed by atoms with Crippen molar-refractivity contribution in [3.05, 3.63) is 82.9 Å². The highest BCUT2D eigenvalue weighted by Crippen LogP contribution is 2.28. The van der Waals surface area contributed by atoms with E-state index in [-0.39, 0.29) is 30.7 Å². The monoisotopic (exact) mass is 515 g/mol. The van der Waals surface area contributed by atoms with E-state index in [1.165, 1.54) is 0 Å². The number of para-hydroxylation sites is 1. The summed E-state index contributed by atoms with van der Waals surface area (Å²) >= 11 is 0. The van der Waals surface area contributed by atoms with E-state index in [2.05, 4.69) is 10.6 Å². The van der Waals surface area contributed by atoms with Crippen LogP contribution in [0.3, 0.4) is 0 Å². The quantitative estimate of drug-likeness (QED) is 0.443. The number of nitrogens with zero attached hydrogens (tertiary/aromatic N) is 1. The number of carbonyl (C=O) groups is 3. The van der Waals surface area contributed by atoms with Crippen molar-refractivity contribution in [3.8, 4) is 11.5 Å². The second kappa shape index (κ2) is 11.8. The number of nitrogens with one attached hydrogen (secondary N) is 2. The van der Waals surface area contributed by atoms with Crippen LogP contribution in [-0.4, -0.2) is 38.0 Å². The summed E-state index contributed by atoms with van der Waals surface area (Å²) in [5.74, 6) is 0.249. The van der Waals surface area contributed by atoms with Gasteiger partial charge in [-0.2, -0.15) is 0 Å². The molecular formula is C30H33N3O5. The van der Waals surface area contributed by atoms with Gasteiger partial charge in [0.1, 0.15) is 11.5 Å². The third-order valence-electron chi connectivity index (χ3n) is 6.60. The predicted molar refractivity (Wildman–Crippen MR) is 147 cm³/mol. The number of carbonyl (C=O) groups excluding carboxylic acids is 3. The van der Waals surface area contributed by atoms with Crippen molar-refractivity contribution in [1.29, 1.82) is 0 Å². The number of amides is 3. The Balaban J connectivity index is 1.29. The van der Waals surface area contributed by atoms with Gasteiger partial charge in [-0.25, -0.2) is 0 Å². The van der Waals surface area contributed by atoms with Gasteiger partial charge in [-0.1, -0.05) is 35.9 Å². The number of hydrogen-bond acceptors (Lipinski definition) is 5. The Morgan fingerprint density at radius 1 is 1.00 bits per heavy atom. The standard InChI is InChI=1S/C30H33N3O5/c1-19-13-20(2)29(21(3)14-19)32-27(34)18-38-25-11-9-24(10-12-25)33-17-23(15-28(33)35)30(36)31-16-22-7-5-6-8-26(22)37-4/h5-14,23H,15-18H2,1-4H3,(H,31,36)(H,32,34)/t23-/m1/s1. The van der Waals surface area contributed by atoms with Crippen LogP contribution in [0.1, 0.15) is 28.7 Å². The van der Waals surface area contributed by atoms with Crippen molar-refractivity contribution in [2.24, 2.45) is 5.92 Å². The highest BCUT2D eigenvalue weighted by Gasteiger charge is 2.35. The van der Waals surface area contributed by atoms with E-state index >= 15 is 0 Å². The second-order valence-electron chi connectivity index (χ2n) is 9.54. The Hall–Kier alpha value is -4.33. The number of benzene rings is 3. The van der Waals surface area contributed by atoms with Crippen LogP contribution in [0.2, 0.25) is 0 Å². The molecular weight excluding hydrogens is 482 g/mol. The molecule has 0 spiro atoms. The predicted octanol–water partition coefficient (Wildman–Crippen LogP) is 4.31. The Labute approximate surface area is 222 Å². The molecule has 3 amide bonds. The first-order chi connectivity index (χ1) is 18.2. The van der Waals surface area contributed by atoms with Gasteiger partial charge in [-0.15, -0.1) is 0 Å². The molecule has 3 aromatic rings. The maximum atomic E-state index is 12.7. The average Bonchev–Trinajstić information content (AvgIpc) is 3.30. The first-order valence-corrected chi connectivity index (χ1v) is 12.6. The average molecular weight is 516 g/mol. The van der Waals surface area contributed by atoms with E-state index in [1.54, 1.807) is 36.3 Å². The largest absolute Gasteiger partial charge is 0.496 e. The molecule has 0 unspecified atom stereocenters. The molecule has 1 saturated heterocycles. The smallest absolute Gasteiger partial charge is 0.262 e. The number of methoxy groups -OCH3 is 1. The molecule has 2 N–H and O–H groups in total. The van der Waals surface area contributed by atoms with E-state index in [0.29, 0.717) is 30.3 Å². The lowest BCUT2D eigenvalue weighted by molar-refractivity contribution is -0.126. The van der Waals surface area contributed by atoms with Gasteiger partial charge in [-0.05, 0) is 62.2 Å². The zero-order chi connectivity index (χ0) is 27.2. The number of anilines is 2. The number of rotatable bonds is 9. The van der Waals surface area contributed by atoms with Crippen molar-refractivity contribution in [2.75, 3.05) is 30.5 Å². The highest BCUT2D eigenvalue weighted by atomic mass is 16.5. The van der Waals surface area contributed by atoms with E-state index < -0.39 is 5.92 Å². The summed E-state index contributed by atoms with van der Waals surface area (Å²) in [6, 6.07) is 18.5. The lowest BCUT2D eigenvalue weighted by Crippen LogP contribution is -2.32. The van der Waals surface area contributed by atoms with Gasteiger partial charge >= 0.3 is 0 Å². The molecule has 8 heteroatoms. The molecule has 0 aliphatic carbocycles. The number of hydrogen-bond donors (Lipinski definition) is 2. The maximum Gasteiger partial charge on any atom is 0.262 e. The molecule has 1 aliphatic heterocycles. The van der Waals surface area contributed by atoms with Gasteiger partial charge in [-0.3, -0.25) is 14.4 Å². The molecule has 0 bridgehead atoms. The molecule has 4 rings (SSSR count). The fraction of sp³-hybridized carbons (Fsp3) is 0.300. The van der Waals surface area contributed by atoms with Crippen LogP contribution in [0.25, 0.3) is 0 Å². The van der Waals surface area contributed by atoms with Crippen molar-refractivity contribution < 1.29 is 23.9 Å². The number of aryl methyl sites for hydroxylation is 3. The van der Waals surface area contributed by atoms with Crippen LogP contribution in [0, 0.1) is 26.7 Å². The second-order valence-corrected chi connectivity index (χ2v) is 9.54. The molecule has 8 nitrogen and oxygen atoms in total. The Morgan fingerprint density at radius 3 is 2.37 bits per heavy atom. The molecule has 0 aromatic heterocycles. The molecule has 1 heterocycles. The Bertz CT molecular complexity index is 1310. The van der Waals surface area contributed by atoms with E-state index in [4.69, 9.17) is 9.47 Å². The lowest BCUT2D eigenvalue weighted by Gasteiger charge is -2.17. The van der Waals surface area contributed by atoms with Crippen LogP contribution < -0.4 is 25.0 Å². The summed E-state index contributed by atoms with van der Waals surface area (Å²) in [4.78, 5) is 39.4. The van der Waals surface area contributed by atoms with Gasteiger partial charge in [0.05, 0.1) is 13.0 Å². The topological polar surface area (TPSA) is 97.0 Å². The van der Waals surface area contributed by atoms with Crippen molar-refractivity contribution in [1.82, 2.24) is 5.32 Å². The lowest BCUT2D eigenvalue weighted by atomic mass is 10.1. The first kappa shape index (κ1) is 26.7. The summed E-state index contributed by atoms with van der Waals surface area (Å²) in [6.07, 6.45) is 0.147. The molecule has 38 heavy (non-hydrogen) atoms. The summed E-state index contributed by atoms with van der Waals surface area (Å²) < 4.78 is 11.0. The summed E-state index contributed by atoms with van der Waals surface area (Å²) in [5, 5.41) is 5.83. The summed E-state index contributed by atoms with van der Waals surface area (Å²) in [6.45, 7) is 6.44. The van der Waals surface area contributed by atoms with Crippen LogP contribution in [-0.2, 0) is 20.9 Å². The Kier molecular flexibility index (Phi) is 8.31. The molecule has 198 valence electrons. The summed E-state index contributed by atoms with van der Waals surface area (Å²) in [7, 11) is 1.59. The van der Waals surface area contributed by atoms with E-state index in [0.717, 1.165) is 27.9 Å². The van der Waals surface area contributed by atoms with Crippen molar-refractivity contribution in [3.63, 3.8) is 0 Å². The van der Waals surface area contributed by atoms with Gasteiger partial charge in [0.2, 0.25) is 11.8 Å². The highest BCUT2D eigenvalue weighted by molar-refractivity contribution is 6.00. The molecule has 3 aromatic carbocycles. The minimum absolute atomic E-state index is 0.112. The molecule has 1 aliphatic rings. The summed E-state index contributed by atoms with van der Waals surface area (Å²) in [5.41, 5.74) is 5.50. The molecule has 1 atom stereocenters. The van der Waals surface area contributed by atoms with Crippen LogP contribution in [0.15, 0.2) is 60.7 Å². The number of ether oxygens (including phenoxy) is 2. The van der Waals surface area contributed by atoms with Gasteiger partial charge in [0.15, 0.2) is 6.61 Å². The third-order valence-corrected chi connectivity index (χ3v) is 6.60. The van der Waals surface area contributed by atoms with Crippen LogP contribution in [0.5, 0.6) is 11.5 Å². The third kappa shape index (κ3) is 6.32. The van der Waals surface area contributed by atoms with E-state index in [1.807, 2.05) is 57.2 Å².